The standard InChI is InChI=1S/C23H32N4O3S/c1-6-30-21(29)18-9-7-8-14-27(18)19(28)15-31-22-25-24-20(26(22)5)16-10-12-17(13-11-16)23(2,3)4/h10-13,18H,6-9,14-15H2,1-5H3/t18-/m1/s1. The molecule has 0 radical (unpaired) electrons. The molecule has 0 spiro atoms. The van der Waals surface area contributed by atoms with Crippen molar-refractivity contribution in [2.75, 3.05) is 18.9 Å². The second-order valence-corrected chi connectivity index (χ2v) is 9.77. The molecule has 1 amide bonds. The zero-order valence-electron chi connectivity index (χ0n) is 19.1. The molecular formula is C23H32N4O3S. The van der Waals surface area contributed by atoms with E-state index in [1.807, 2.05) is 11.6 Å². The van der Waals surface area contributed by atoms with Crippen LogP contribution in [0, 0.1) is 0 Å². The fourth-order valence-electron chi connectivity index (χ4n) is 3.73. The van der Waals surface area contributed by atoms with Gasteiger partial charge >= 0.3 is 5.97 Å². The Hall–Kier alpha value is -2.35. The Kier molecular flexibility index (Phi) is 7.41. The summed E-state index contributed by atoms with van der Waals surface area (Å²) in [5.41, 5.74) is 2.34. The summed E-state index contributed by atoms with van der Waals surface area (Å²) in [7, 11) is 1.90. The lowest BCUT2D eigenvalue weighted by molar-refractivity contribution is -0.155. The molecule has 0 aliphatic carbocycles. The van der Waals surface area contributed by atoms with E-state index in [1.165, 1.54) is 17.3 Å². The van der Waals surface area contributed by atoms with Crippen molar-refractivity contribution in [3.8, 4) is 11.4 Å². The molecule has 1 saturated heterocycles. The molecule has 1 fully saturated rings. The molecule has 1 aromatic carbocycles. The molecule has 8 heteroatoms. The average Bonchev–Trinajstić information content (AvgIpc) is 3.12. The molecule has 0 saturated carbocycles. The van der Waals surface area contributed by atoms with Crippen LogP contribution in [-0.4, -0.2) is 56.5 Å². The highest BCUT2D eigenvalue weighted by Crippen LogP contribution is 2.27. The molecule has 168 valence electrons. The maximum absolute atomic E-state index is 12.8. The predicted molar refractivity (Wildman–Crippen MR) is 122 cm³/mol. The molecule has 1 atom stereocenters. The fourth-order valence-corrected chi connectivity index (χ4v) is 4.53. The smallest absolute Gasteiger partial charge is 0.328 e. The van der Waals surface area contributed by atoms with Crippen molar-refractivity contribution in [2.24, 2.45) is 7.05 Å². The van der Waals surface area contributed by atoms with Crippen molar-refractivity contribution in [3.63, 3.8) is 0 Å². The monoisotopic (exact) mass is 444 g/mol. The van der Waals surface area contributed by atoms with Crippen LogP contribution in [0.5, 0.6) is 0 Å². The number of nitrogens with zero attached hydrogens (tertiary/aromatic N) is 4. The molecule has 0 unspecified atom stereocenters. The number of carbonyl (C=O) groups is 2. The van der Waals surface area contributed by atoms with Crippen LogP contribution < -0.4 is 0 Å². The average molecular weight is 445 g/mol. The summed E-state index contributed by atoms with van der Waals surface area (Å²) in [5, 5.41) is 9.28. The van der Waals surface area contributed by atoms with Gasteiger partial charge < -0.3 is 14.2 Å². The molecule has 0 bridgehead atoms. The molecule has 3 rings (SSSR count). The summed E-state index contributed by atoms with van der Waals surface area (Å²) < 4.78 is 7.07. The first-order valence-electron chi connectivity index (χ1n) is 10.8. The number of carbonyl (C=O) groups excluding carboxylic acids is 2. The van der Waals surface area contributed by atoms with Crippen molar-refractivity contribution in [3.05, 3.63) is 29.8 Å². The SMILES string of the molecule is CCOC(=O)[C@H]1CCCCN1C(=O)CSc1nnc(-c2ccc(C(C)(C)C)cc2)n1C. The van der Waals surface area contributed by atoms with Crippen molar-refractivity contribution in [2.45, 2.75) is 63.6 Å². The van der Waals surface area contributed by atoms with Crippen LogP contribution in [0.15, 0.2) is 29.4 Å². The number of rotatable bonds is 6. The second kappa shape index (κ2) is 9.85. The minimum Gasteiger partial charge on any atom is -0.464 e. The molecule has 1 aliphatic rings. The lowest BCUT2D eigenvalue weighted by atomic mass is 9.87. The lowest BCUT2D eigenvalue weighted by Crippen LogP contribution is -2.49. The van der Waals surface area contributed by atoms with Crippen LogP contribution in [0.3, 0.4) is 0 Å². The van der Waals surface area contributed by atoms with E-state index in [2.05, 4.69) is 55.2 Å². The van der Waals surface area contributed by atoms with Gasteiger partial charge in [0.2, 0.25) is 5.91 Å². The van der Waals surface area contributed by atoms with Crippen LogP contribution in [0.2, 0.25) is 0 Å². The van der Waals surface area contributed by atoms with Crippen LogP contribution in [0.1, 0.15) is 52.5 Å². The van der Waals surface area contributed by atoms with E-state index in [0.29, 0.717) is 24.7 Å². The predicted octanol–water partition coefficient (Wildman–Crippen LogP) is 3.82. The number of benzene rings is 1. The number of ether oxygens (including phenoxy) is 1. The maximum atomic E-state index is 12.8. The minimum absolute atomic E-state index is 0.0677. The Morgan fingerprint density at radius 2 is 1.87 bits per heavy atom. The molecule has 1 aliphatic heterocycles. The summed E-state index contributed by atoms with van der Waals surface area (Å²) in [4.78, 5) is 26.8. The van der Waals surface area contributed by atoms with Gasteiger partial charge in [0.1, 0.15) is 6.04 Å². The van der Waals surface area contributed by atoms with Gasteiger partial charge in [-0.3, -0.25) is 4.79 Å². The molecular weight excluding hydrogens is 412 g/mol. The van der Waals surface area contributed by atoms with Crippen molar-refractivity contribution in [1.29, 1.82) is 0 Å². The number of esters is 1. The number of piperidine rings is 1. The minimum atomic E-state index is -0.474. The van der Waals surface area contributed by atoms with Crippen LogP contribution in [-0.2, 0) is 26.8 Å². The van der Waals surface area contributed by atoms with E-state index in [0.717, 1.165) is 24.2 Å². The van der Waals surface area contributed by atoms with Gasteiger partial charge in [0, 0.05) is 19.2 Å². The highest BCUT2D eigenvalue weighted by Gasteiger charge is 2.33. The van der Waals surface area contributed by atoms with Gasteiger partial charge in [-0.15, -0.1) is 10.2 Å². The zero-order chi connectivity index (χ0) is 22.6. The van der Waals surface area contributed by atoms with Gasteiger partial charge in [-0.05, 0) is 37.2 Å². The first-order valence-corrected chi connectivity index (χ1v) is 11.8. The first kappa shape index (κ1) is 23.3. The lowest BCUT2D eigenvalue weighted by Gasteiger charge is -2.33. The van der Waals surface area contributed by atoms with E-state index >= 15 is 0 Å². The third-order valence-electron chi connectivity index (χ3n) is 5.55. The van der Waals surface area contributed by atoms with Crippen molar-refractivity contribution in [1.82, 2.24) is 19.7 Å². The van der Waals surface area contributed by atoms with E-state index in [-0.39, 0.29) is 23.0 Å². The van der Waals surface area contributed by atoms with Gasteiger partial charge in [0.05, 0.1) is 12.4 Å². The summed E-state index contributed by atoms with van der Waals surface area (Å²) in [5.74, 6) is 0.602. The summed E-state index contributed by atoms with van der Waals surface area (Å²) in [6, 6.07) is 7.88. The van der Waals surface area contributed by atoms with Crippen LogP contribution in [0.25, 0.3) is 11.4 Å². The van der Waals surface area contributed by atoms with Gasteiger partial charge in [-0.1, -0.05) is 56.8 Å². The summed E-state index contributed by atoms with van der Waals surface area (Å²) in [6.07, 6.45) is 2.50. The Bertz CT molecular complexity index is 918. The highest BCUT2D eigenvalue weighted by atomic mass is 32.2. The molecule has 2 aromatic rings. The second-order valence-electron chi connectivity index (χ2n) is 8.83. The molecule has 1 aromatic heterocycles. The van der Waals surface area contributed by atoms with E-state index in [4.69, 9.17) is 4.74 Å². The summed E-state index contributed by atoms with van der Waals surface area (Å²) in [6.45, 7) is 9.25. The van der Waals surface area contributed by atoms with E-state index in [9.17, 15) is 9.59 Å². The van der Waals surface area contributed by atoms with Gasteiger partial charge in [-0.2, -0.15) is 0 Å². The zero-order valence-corrected chi connectivity index (χ0v) is 19.9. The van der Waals surface area contributed by atoms with E-state index < -0.39 is 6.04 Å². The highest BCUT2D eigenvalue weighted by molar-refractivity contribution is 7.99. The topological polar surface area (TPSA) is 77.3 Å². The fraction of sp³-hybridized carbons (Fsp3) is 0.565. The van der Waals surface area contributed by atoms with Crippen LogP contribution >= 0.6 is 11.8 Å². The molecule has 2 heterocycles. The Balaban J connectivity index is 1.67. The molecule has 7 nitrogen and oxygen atoms in total. The number of aromatic nitrogens is 3. The maximum Gasteiger partial charge on any atom is 0.328 e. The third-order valence-corrected chi connectivity index (χ3v) is 6.56. The Labute approximate surface area is 188 Å². The first-order chi connectivity index (χ1) is 14.7. The van der Waals surface area contributed by atoms with Gasteiger partial charge in [-0.25, -0.2) is 4.79 Å². The largest absolute Gasteiger partial charge is 0.464 e. The summed E-state index contributed by atoms with van der Waals surface area (Å²) >= 11 is 1.34. The Morgan fingerprint density at radius 1 is 1.16 bits per heavy atom. The number of thioether (sulfide) groups is 1. The number of hydrogen-bond acceptors (Lipinski definition) is 6. The molecule has 31 heavy (non-hydrogen) atoms. The van der Waals surface area contributed by atoms with Crippen molar-refractivity contribution < 1.29 is 14.3 Å². The van der Waals surface area contributed by atoms with Gasteiger partial charge in [0.25, 0.3) is 0 Å². The number of likely N-dealkylation sites (tertiary alicyclic amines) is 1. The number of amides is 1. The quantitative estimate of drug-likeness (QED) is 0.498. The van der Waals surface area contributed by atoms with Crippen LogP contribution in [0.4, 0.5) is 0 Å². The van der Waals surface area contributed by atoms with Gasteiger partial charge in [0.15, 0.2) is 11.0 Å². The number of hydrogen-bond donors (Lipinski definition) is 0. The third kappa shape index (κ3) is 5.47. The van der Waals surface area contributed by atoms with E-state index in [1.54, 1.807) is 11.8 Å². The van der Waals surface area contributed by atoms with Crippen molar-refractivity contribution >= 4 is 23.6 Å². The normalized spacial score (nSPS) is 16.9. The Morgan fingerprint density at radius 3 is 2.52 bits per heavy atom. The molecule has 0 N–H and O–H groups in total.